The van der Waals surface area contributed by atoms with Crippen molar-refractivity contribution >= 4 is 53.7 Å². The fraction of sp³-hybridized carbons (Fsp3) is 0.176. The Morgan fingerprint density at radius 3 is 2.65 bits per heavy atom. The van der Waals surface area contributed by atoms with Crippen LogP contribution in [0.25, 0.3) is 21.3 Å². The molecule has 10 N–H and O–H groups in total. The number of primary sulfonamides is 1. The molecular weight excluding hydrogens is 460 g/mol. The molecule has 1 fully saturated rings. The Balaban J connectivity index is 2.07. The van der Waals surface area contributed by atoms with Crippen LogP contribution < -0.4 is 33.3 Å². The minimum absolute atomic E-state index is 0.00217. The third-order valence-electron chi connectivity index (χ3n) is 4.84. The summed E-state index contributed by atoms with van der Waals surface area (Å²) in [6.45, 7) is 0.998. The van der Waals surface area contributed by atoms with Gasteiger partial charge in [0, 0.05) is 18.7 Å². The van der Waals surface area contributed by atoms with Gasteiger partial charge in [0.15, 0.2) is 15.9 Å². The van der Waals surface area contributed by atoms with Crippen LogP contribution in [0, 0.1) is 0 Å². The number of benzene rings is 2. The molecule has 0 spiro atoms. The van der Waals surface area contributed by atoms with E-state index in [0.717, 1.165) is 4.70 Å². The Morgan fingerprint density at radius 2 is 2.03 bits per heavy atom. The number of hydrogen-bond donors (Lipinski definition) is 6. The van der Waals surface area contributed by atoms with Gasteiger partial charge in [-0.15, -0.1) is 5.10 Å². The summed E-state index contributed by atoms with van der Waals surface area (Å²) >= 11 is -0.343. The number of nitrogens with one attached hydrogen (secondary N) is 2. The highest BCUT2D eigenvalue weighted by Crippen LogP contribution is 2.39. The molecule has 0 amide bonds. The molecule has 1 unspecified atom stereocenters. The quantitative estimate of drug-likeness (QED) is 0.0869. The van der Waals surface area contributed by atoms with Crippen LogP contribution >= 0.6 is 11.3 Å². The topological polar surface area (TPSA) is 211 Å². The maximum Gasteiger partial charge on any atom is 0.243 e. The SMILES string of the molecule is NN/N=C(\N)c1c(-c2cccc3sc(N)nc23)ccc([S+]([O-])C2CNC2)c1S(N)(=O)=O. The van der Waals surface area contributed by atoms with Gasteiger partial charge in [0.2, 0.25) is 10.0 Å². The second kappa shape index (κ2) is 8.23. The molecule has 4 rings (SSSR count). The van der Waals surface area contributed by atoms with E-state index in [1.807, 2.05) is 6.07 Å². The van der Waals surface area contributed by atoms with Gasteiger partial charge in [0.1, 0.15) is 10.1 Å². The first kappa shape index (κ1) is 21.8. The molecule has 2 heterocycles. The molecular formula is C17H20N8O3S3. The van der Waals surface area contributed by atoms with E-state index in [2.05, 4.69) is 20.9 Å². The van der Waals surface area contributed by atoms with Crippen molar-refractivity contribution in [3.8, 4) is 11.1 Å². The number of thiazole rings is 1. The highest BCUT2D eigenvalue weighted by molar-refractivity contribution is 7.94. The summed E-state index contributed by atoms with van der Waals surface area (Å²) in [5.41, 5.74) is 15.6. The van der Waals surface area contributed by atoms with Crippen molar-refractivity contribution < 1.29 is 13.0 Å². The molecule has 0 bridgehead atoms. The average molecular weight is 481 g/mol. The number of hydrogen-bond acceptors (Lipinski definition) is 10. The predicted molar refractivity (Wildman–Crippen MR) is 122 cm³/mol. The first-order valence-corrected chi connectivity index (χ1v) is 12.6. The van der Waals surface area contributed by atoms with Crippen molar-refractivity contribution in [3.63, 3.8) is 0 Å². The number of fused-ring (bicyclic) bond motifs is 1. The lowest BCUT2D eigenvalue weighted by Crippen LogP contribution is -2.51. The van der Waals surface area contributed by atoms with Crippen molar-refractivity contribution in [2.24, 2.45) is 21.8 Å². The summed E-state index contributed by atoms with van der Waals surface area (Å²) in [5, 5.41) is 12.5. The zero-order chi connectivity index (χ0) is 22.3. The molecule has 0 aliphatic carbocycles. The van der Waals surface area contributed by atoms with Crippen molar-refractivity contribution in [3.05, 3.63) is 35.9 Å². The highest BCUT2D eigenvalue weighted by Gasteiger charge is 2.37. The summed E-state index contributed by atoms with van der Waals surface area (Å²) in [5.74, 6) is 5.06. The minimum atomic E-state index is -4.35. The summed E-state index contributed by atoms with van der Waals surface area (Å²) in [7, 11) is -4.35. The first-order valence-electron chi connectivity index (χ1n) is 8.98. The molecule has 2 aromatic carbocycles. The van der Waals surface area contributed by atoms with Gasteiger partial charge >= 0.3 is 0 Å². The predicted octanol–water partition coefficient (Wildman–Crippen LogP) is -0.644. The third kappa shape index (κ3) is 3.94. The van der Waals surface area contributed by atoms with Crippen molar-refractivity contribution in [1.29, 1.82) is 0 Å². The van der Waals surface area contributed by atoms with Gasteiger partial charge in [0.25, 0.3) is 0 Å². The lowest BCUT2D eigenvalue weighted by molar-refractivity contribution is 0.493. The van der Waals surface area contributed by atoms with Crippen LogP contribution in [0.4, 0.5) is 5.13 Å². The molecule has 1 saturated heterocycles. The second-order valence-electron chi connectivity index (χ2n) is 6.77. The highest BCUT2D eigenvalue weighted by atomic mass is 32.2. The van der Waals surface area contributed by atoms with Crippen LogP contribution in [0.15, 0.2) is 45.2 Å². The monoisotopic (exact) mass is 480 g/mol. The van der Waals surface area contributed by atoms with E-state index in [1.54, 1.807) is 18.2 Å². The van der Waals surface area contributed by atoms with Gasteiger partial charge in [-0.2, -0.15) is 0 Å². The lowest BCUT2D eigenvalue weighted by Gasteiger charge is -2.30. The molecule has 31 heavy (non-hydrogen) atoms. The number of amidine groups is 1. The average Bonchev–Trinajstić information content (AvgIpc) is 3.05. The van der Waals surface area contributed by atoms with Gasteiger partial charge < -0.3 is 21.3 Å². The molecule has 0 saturated carbocycles. The van der Waals surface area contributed by atoms with Crippen molar-refractivity contribution in [2.75, 3.05) is 18.8 Å². The van der Waals surface area contributed by atoms with Crippen LogP contribution in [0.2, 0.25) is 0 Å². The summed E-state index contributed by atoms with van der Waals surface area (Å²) in [6, 6.07) is 8.51. The summed E-state index contributed by atoms with van der Waals surface area (Å²) in [4.78, 5) is 4.07. The molecule has 14 heteroatoms. The maximum atomic E-state index is 13.1. The van der Waals surface area contributed by atoms with E-state index in [4.69, 9.17) is 22.4 Å². The number of anilines is 1. The van der Waals surface area contributed by atoms with E-state index < -0.39 is 21.2 Å². The van der Waals surface area contributed by atoms with E-state index in [-0.39, 0.29) is 26.4 Å². The Bertz CT molecular complexity index is 1290. The largest absolute Gasteiger partial charge is 0.611 e. The molecule has 3 aromatic rings. The fourth-order valence-electron chi connectivity index (χ4n) is 3.38. The number of aromatic nitrogens is 1. The molecule has 1 atom stereocenters. The van der Waals surface area contributed by atoms with Crippen LogP contribution in [-0.4, -0.2) is 42.1 Å². The summed E-state index contributed by atoms with van der Waals surface area (Å²) < 4.78 is 39.3. The Labute approximate surface area is 185 Å². The smallest absolute Gasteiger partial charge is 0.243 e. The molecule has 1 aromatic heterocycles. The van der Waals surface area contributed by atoms with Crippen LogP contribution in [-0.2, 0) is 21.2 Å². The maximum absolute atomic E-state index is 13.1. The second-order valence-corrected chi connectivity index (χ2v) is 11.0. The van der Waals surface area contributed by atoms with Gasteiger partial charge in [-0.05, 0) is 34.9 Å². The Hall–Kier alpha value is -2.46. The van der Waals surface area contributed by atoms with Gasteiger partial charge in [-0.25, -0.2) is 29.9 Å². The molecule has 1 aliphatic heterocycles. The zero-order valence-electron chi connectivity index (χ0n) is 16.0. The molecule has 11 nitrogen and oxygen atoms in total. The molecule has 164 valence electrons. The van der Waals surface area contributed by atoms with Crippen molar-refractivity contribution in [2.45, 2.75) is 15.0 Å². The van der Waals surface area contributed by atoms with E-state index >= 15 is 0 Å². The number of nitrogen functional groups attached to an aromatic ring is 1. The van der Waals surface area contributed by atoms with Crippen LogP contribution in [0.1, 0.15) is 5.56 Å². The fourth-order valence-corrected chi connectivity index (χ4v) is 6.97. The number of nitrogens with zero attached hydrogens (tertiary/aromatic N) is 2. The normalized spacial score (nSPS) is 16.3. The van der Waals surface area contributed by atoms with Gasteiger partial charge in [-0.3, -0.25) is 0 Å². The van der Waals surface area contributed by atoms with E-state index in [0.29, 0.717) is 34.9 Å². The molecule has 1 aliphatic rings. The van der Waals surface area contributed by atoms with Crippen molar-refractivity contribution in [1.82, 2.24) is 15.8 Å². The standard InChI is InChI=1S/C17H20N8O3S3/c18-16(24-25-20)13-9(10-2-1-3-11-14(10)23-17(19)29-11)4-5-12(15(13)31(21,27)28)30(26)8-6-22-7-8/h1-5,8,22,25H,6-7,20H2,(H2,18,24)(H2,19,23)(H2,21,27,28). The lowest BCUT2D eigenvalue weighted by atomic mass is 9.98. The third-order valence-corrected chi connectivity index (χ3v) is 8.52. The van der Waals surface area contributed by atoms with Crippen LogP contribution in [0.3, 0.4) is 0 Å². The zero-order valence-corrected chi connectivity index (χ0v) is 18.5. The molecule has 0 radical (unpaired) electrons. The Morgan fingerprint density at radius 1 is 1.29 bits per heavy atom. The number of rotatable bonds is 6. The van der Waals surface area contributed by atoms with Crippen LogP contribution in [0.5, 0.6) is 0 Å². The van der Waals surface area contributed by atoms with Gasteiger partial charge in [0.05, 0.1) is 15.8 Å². The first-order chi connectivity index (χ1) is 14.7. The van der Waals surface area contributed by atoms with Gasteiger partial charge in [-0.1, -0.05) is 23.5 Å². The Kier molecular flexibility index (Phi) is 5.78. The minimum Gasteiger partial charge on any atom is -0.611 e. The number of nitrogens with two attached hydrogens (primary N) is 4. The number of sulfonamides is 1. The number of para-hydroxylation sites is 1. The number of hydrazine groups is 1. The van der Waals surface area contributed by atoms with E-state index in [9.17, 15) is 13.0 Å². The van der Waals surface area contributed by atoms with E-state index in [1.165, 1.54) is 17.4 Å². The number of hydrazone groups is 1. The summed E-state index contributed by atoms with van der Waals surface area (Å²) in [6.07, 6.45) is 0.